The molecule has 0 N–H and O–H groups in total. The summed E-state index contributed by atoms with van der Waals surface area (Å²) in [6.45, 7) is 2.27. The zero-order valence-electron chi connectivity index (χ0n) is 18.0. The highest BCUT2D eigenvalue weighted by Gasteiger charge is 2.34. The molecule has 2 nitrogen and oxygen atoms in total. The van der Waals surface area contributed by atoms with Gasteiger partial charge in [0.1, 0.15) is 18.4 Å². The Kier molecular flexibility index (Phi) is 8.82. The molecule has 3 unspecified atom stereocenters. The number of hydrogen-bond acceptors (Lipinski definition) is 2. The van der Waals surface area contributed by atoms with Gasteiger partial charge >= 0.3 is 5.97 Å². The highest BCUT2D eigenvalue weighted by atomic mass is 19.2. The first-order chi connectivity index (χ1) is 14.0. The molecule has 3 saturated carbocycles. The van der Waals surface area contributed by atoms with Crippen LogP contribution in [0.15, 0.2) is 0 Å². The molecule has 29 heavy (non-hydrogen) atoms. The molecule has 0 aromatic carbocycles. The van der Waals surface area contributed by atoms with Crippen LogP contribution in [0, 0.1) is 35.5 Å². The second-order valence-corrected chi connectivity index (χ2v) is 9.60. The molecule has 164 valence electrons. The third-order valence-electron chi connectivity index (χ3n) is 7.29. The summed E-state index contributed by atoms with van der Waals surface area (Å²) in [4.78, 5) is 12.4. The highest BCUT2D eigenvalue weighted by molar-refractivity contribution is 5.72. The van der Waals surface area contributed by atoms with E-state index in [9.17, 15) is 13.6 Å². The molecule has 3 fully saturated rings. The maximum Gasteiger partial charge on any atom is 0.309 e. The maximum atomic E-state index is 13.5. The zero-order chi connectivity index (χ0) is 20.6. The quantitative estimate of drug-likeness (QED) is 0.380. The van der Waals surface area contributed by atoms with E-state index in [-0.39, 0.29) is 24.7 Å². The van der Waals surface area contributed by atoms with E-state index in [0.29, 0.717) is 18.3 Å². The fourth-order valence-corrected chi connectivity index (χ4v) is 5.21. The summed E-state index contributed by atoms with van der Waals surface area (Å²) in [5, 5.41) is 0. The van der Waals surface area contributed by atoms with Gasteiger partial charge in [0, 0.05) is 18.3 Å². The number of esters is 1. The average molecular weight is 409 g/mol. The van der Waals surface area contributed by atoms with Crippen LogP contribution in [0.4, 0.5) is 8.78 Å². The summed E-state index contributed by atoms with van der Waals surface area (Å²) >= 11 is 0. The van der Waals surface area contributed by atoms with E-state index in [1.165, 1.54) is 44.9 Å². The summed E-state index contributed by atoms with van der Waals surface area (Å²) in [7, 11) is 0. The van der Waals surface area contributed by atoms with E-state index in [0.717, 1.165) is 31.6 Å². The molecule has 0 heterocycles. The Bertz CT molecular complexity index is 565. The van der Waals surface area contributed by atoms with Gasteiger partial charge in [-0.3, -0.25) is 4.79 Å². The lowest BCUT2D eigenvalue weighted by Gasteiger charge is -2.30. The standard InChI is InChI=1S/C25H38F2O2/c1-2-3-4-18-5-7-19(8-6-18)9-10-20-11-13-21(14-12-20)25(28)29-22-15-16-23(26)24(27)17-22/h18-24H,2-8,11-17H2,1H3. The van der Waals surface area contributed by atoms with Crippen LogP contribution >= 0.6 is 0 Å². The first-order valence-corrected chi connectivity index (χ1v) is 12.0. The van der Waals surface area contributed by atoms with Crippen molar-refractivity contribution in [1.82, 2.24) is 0 Å². The van der Waals surface area contributed by atoms with Crippen molar-refractivity contribution < 1.29 is 18.3 Å². The molecule has 0 spiro atoms. The summed E-state index contributed by atoms with van der Waals surface area (Å²) in [6, 6.07) is 0. The van der Waals surface area contributed by atoms with Crippen molar-refractivity contribution in [2.45, 2.75) is 115 Å². The number of unbranched alkanes of at least 4 members (excludes halogenated alkanes) is 1. The van der Waals surface area contributed by atoms with E-state index < -0.39 is 18.4 Å². The van der Waals surface area contributed by atoms with Gasteiger partial charge in [-0.15, -0.1) is 0 Å². The summed E-state index contributed by atoms with van der Waals surface area (Å²) in [5.41, 5.74) is 0. The van der Waals surface area contributed by atoms with Gasteiger partial charge in [0.05, 0.1) is 5.92 Å². The Labute approximate surface area is 175 Å². The van der Waals surface area contributed by atoms with Gasteiger partial charge in [0.2, 0.25) is 0 Å². The fraction of sp³-hybridized carbons (Fsp3) is 0.880. The molecule has 0 aromatic heterocycles. The lowest BCUT2D eigenvalue weighted by Crippen LogP contribution is -2.35. The van der Waals surface area contributed by atoms with Crippen LogP contribution in [0.25, 0.3) is 0 Å². The third-order valence-corrected chi connectivity index (χ3v) is 7.29. The molecule has 0 bridgehead atoms. The minimum atomic E-state index is -1.49. The Hall–Kier alpha value is -1.11. The SMILES string of the molecule is CCCCC1CCC(C#CC2CCC(C(=O)OC3CCC(F)C(F)C3)CC2)CC1. The molecular weight excluding hydrogens is 370 g/mol. The lowest BCUT2D eigenvalue weighted by molar-refractivity contribution is -0.158. The molecule has 0 aromatic rings. The van der Waals surface area contributed by atoms with E-state index in [2.05, 4.69) is 18.8 Å². The van der Waals surface area contributed by atoms with Gasteiger partial charge < -0.3 is 4.74 Å². The van der Waals surface area contributed by atoms with Gasteiger partial charge in [0.15, 0.2) is 0 Å². The van der Waals surface area contributed by atoms with Crippen LogP contribution in [0.5, 0.6) is 0 Å². The first-order valence-electron chi connectivity index (χ1n) is 12.0. The molecule has 3 aliphatic carbocycles. The largest absolute Gasteiger partial charge is 0.462 e. The molecule has 4 heteroatoms. The minimum absolute atomic E-state index is 0.00835. The highest BCUT2D eigenvalue weighted by Crippen LogP contribution is 2.34. The van der Waals surface area contributed by atoms with Crippen molar-refractivity contribution in [3.8, 4) is 11.8 Å². The Balaban J connectivity index is 1.35. The Morgan fingerprint density at radius 1 is 0.862 bits per heavy atom. The molecule has 3 aliphatic rings. The molecule has 0 aliphatic heterocycles. The van der Waals surface area contributed by atoms with E-state index in [1.807, 2.05) is 0 Å². The van der Waals surface area contributed by atoms with Gasteiger partial charge in [-0.1, -0.05) is 38.0 Å². The van der Waals surface area contributed by atoms with E-state index in [4.69, 9.17) is 4.74 Å². The number of rotatable bonds is 5. The topological polar surface area (TPSA) is 26.3 Å². The summed E-state index contributed by atoms with van der Waals surface area (Å²) in [6.07, 6.45) is 9.98. The molecule has 3 rings (SSSR count). The second-order valence-electron chi connectivity index (χ2n) is 9.60. The average Bonchev–Trinajstić information content (AvgIpc) is 2.74. The van der Waals surface area contributed by atoms with Crippen LogP contribution in [0.2, 0.25) is 0 Å². The Morgan fingerprint density at radius 3 is 2.07 bits per heavy atom. The second kappa shape index (κ2) is 11.3. The van der Waals surface area contributed by atoms with E-state index in [1.54, 1.807) is 0 Å². The predicted octanol–water partition coefficient (Wildman–Crippen LogP) is 6.56. The van der Waals surface area contributed by atoms with Crippen LogP contribution in [-0.2, 0) is 9.53 Å². The van der Waals surface area contributed by atoms with Crippen molar-refractivity contribution in [2.75, 3.05) is 0 Å². The van der Waals surface area contributed by atoms with Crippen molar-refractivity contribution in [1.29, 1.82) is 0 Å². The number of alkyl halides is 2. The lowest BCUT2D eigenvalue weighted by atomic mass is 9.79. The van der Waals surface area contributed by atoms with Crippen molar-refractivity contribution in [3.63, 3.8) is 0 Å². The molecule has 3 atom stereocenters. The zero-order valence-corrected chi connectivity index (χ0v) is 18.0. The maximum absolute atomic E-state index is 13.5. The number of halogens is 2. The van der Waals surface area contributed by atoms with Crippen molar-refractivity contribution >= 4 is 5.97 Å². The van der Waals surface area contributed by atoms with Crippen LogP contribution in [-0.4, -0.2) is 24.4 Å². The van der Waals surface area contributed by atoms with Gasteiger partial charge in [-0.25, -0.2) is 8.78 Å². The van der Waals surface area contributed by atoms with Crippen molar-refractivity contribution in [2.24, 2.45) is 23.7 Å². The minimum Gasteiger partial charge on any atom is -0.462 e. The van der Waals surface area contributed by atoms with Crippen LogP contribution in [0.3, 0.4) is 0 Å². The van der Waals surface area contributed by atoms with Crippen LogP contribution in [0.1, 0.15) is 96.8 Å². The van der Waals surface area contributed by atoms with Gasteiger partial charge in [-0.2, -0.15) is 0 Å². The smallest absolute Gasteiger partial charge is 0.309 e. The normalized spacial score (nSPS) is 38.0. The molecule has 0 radical (unpaired) electrons. The fourth-order valence-electron chi connectivity index (χ4n) is 5.21. The van der Waals surface area contributed by atoms with Crippen LogP contribution < -0.4 is 0 Å². The monoisotopic (exact) mass is 408 g/mol. The number of ether oxygens (including phenoxy) is 1. The number of carbonyl (C=O) groups excluding carboxylic acids is 1. The molecular formula is C25H38F2O2. The Morgan fingerprint density at radius 2 is 1.48 bits per heavy atom. The number of carbonyl (C=O) groups is 1. The summed E-state index contributed by atoms with van der Waals surface area (Å²) in [5.74, 6) is 8.63. The molecule has 0 saturated heterocycles. The number of hydrogen-bond donors (Lipinski definition) is 0. The van der Waals surface area contributed by atoms with Gasteiger partial charge in [-0.05, 0) is 70.1 Å². The van der Waals surface area contributed by atoms with E-state index >= 15 is 0 Å². The third kappa shape index (κ3) is 6.97. The van der Waals surface area contributed by atoms with Gasteiger partial charge in [0.25, 0.3) is 0 Å². The summed E-state index contributed by atoms with van der Waals surface area (Å²) < 4.78 is 32.2. The molecule has 0 amide bonds. The first kappa shape index (κ1) is 22.6. The predicted molar refractivity (Wildman–Crippen MR) is 112 cm³/mol. The van der Waals surface area contributed by atoms with Crippen molar-refractivity contribution in [3.05, 3.63) is 0 Å².